The molecule has 0 saturated heterocycles. The van der Waals surface area contributed by atoms with Gasteiger partial charge in [0, 0.05) is 24.2 Å². The maximum absolute atomic E-state index is 14.4. The van der Waals surface area contributed by atoms with Crippen LogP contribution in [-0.2, 0) is 6.42 Å². The molecule has 4 N–H and O–H groups in total. The molecule has 0 amide bonds. The summed E-state index contributed by atoms with van der Waals surface area (Å²) in [4.78, 5) is 13.0. The third-order valence-corrected chi connectivity index (χ3v) is 5.69. The van der Waals surface area contributed by atoms with Gasteiger partial charge in [0.05, 0.1) is 22.0 Å². The van der Waals surface area contributed by atoms with Gasteiger partial charge in [-0.2, -0.15) is 0 Å². The molecule has 3 aromatic heterocycles. The minimum atomic E-state index is -0.766. The predicted octanol–water partition coefficient (Wildman–Crippen LogP) is 3.61. The number of halogens is 1. The van der Waals surface area contributed by atoms with Crippen LogP contribution in [0.25, 0.3) is 21.6 Å². The van der Waals surface area contributed by atoms with E-state index in [1.54, 1.807) is 6.92 Å². The number of nitrogens with one attached hydrogen (secondary N) is 1. The molecule has 0 radical (unpaired) electrons. The average molecular weight is 448 g/mol. The number of hydrogen-bond acceptors (Lipinski definition) is 7. The second kappa shape index (κ2) is 9.83. The summed E-state index contributed by atoms with van der Waals surface area (Å²) in [6.07, 6.45) is 2.57. The molecule has 4 rings (SSSR count). The fraction of sp³-hybridized carbons (Fsp3) is 0.208. The molecular formula is C24H22FN5OS. The van der Waals surface area contributed by atoms with E-state index in [4.69, 9.17) is 5.73 Å². The monoisotopic (exact) mass is 447 g/mol. The van der Waals surface area contributed by atoms with E-state index in [1.807, 2.05) is 35.7 Å². The average Bonchev–Trinajstić information content (AvgIpc) is 3.20. The lowest BCUT2D eigenvalue weighted by atomic mass is 10.1. The fourth-order valence-corrected chi connectivity index (χ4v) is 4.11. The van der Waals surface area contributed by atoms with Gasteiger partial charge in [0.25, 0.3) is 0 Å². The summed E-state index contributed by atoms with van der Waals surface area (Å²) in [5.41, 5.74) is 8.99. The lowest BCUT2D eigenvalue weighted by molar-refractivity contribution is 0.253. The molecule has 0 saturated carbocycles. The molecule has 162 valence electrons. The predicted molar refractivity (Wildman–Crippen MR) is 126 cm³/mol. The van der Waals surface area contributed by atoms with Crippen molar-refractivity contribution in [2.75, 3.05) is 11.9 Å². The normalized spacial score (nSPS) is 12.8. The van der Waals surface area contributed by atoms with Gasteiger partial charge in [0.2, 0.25) is 0 Å². The standard InChI is InChI=1S/C24H22FN5OS/c1-15(31)7-8-17-14-32-22-21(17)29-23(19-9-10-27-13-20(19)25)30-24(22)28-12-18(26)11-16-5-3-2-4-6-16/h2-6,9-10,13-15,18,31H,11-12,26H2,1H3,(H,28,29,30)/t15-,18+/m0/s1. The number of hydrogen-bond donors (Lipinski definition) is 3. The number of nitrogens with zero attached hydrogens (tertiary/aromatic N) is 3. The number of thiophene rings is 1. The third kappa shape index (κ3) is 5.08. The highest BCUT2D eigenvalue weighted by Crippen LogP contribution is 2.32. The fourth-order valence-electron chi connectivity index (χ4n) is 3.20. The molecule has 0 aliphatic heterocycles. The zero-order chi connectivity index (χ0) is 22.5. The SMILES string of the molecule is C[C@H](O)C#Cc1csc2c(NC[C@H](N)Cc3ccccc3)nc(-c3ccncc3F)nc12. The van der Waals surface area contributed by atoms with E-state index >= 15 is 0 Å². The number of fused-ring (bicyclic) bond motifs is 1. The van der Waals surface area contributed by atoms with E-state index in [-0.39, 0.29) is 17.4 Å². The number of aromatic nitrogens is 3. The van der Waals surface area contributed by atoms with E-state index in [2.05, 4.69) is 32.1 Å². The summed E-state index contributed by atoms with van der Waals surface area (Å²) < 4.78 is 15.2. The topological polar surface area (TPSA) is 97.0 Å². The van der Waals surface area contributed by atoms with Crippen molar-refractivity contribution in [3.05, 3.63) is 71.1 Å². The van der Waals surface area contributed by atoms with Gasteiger partial charge in [-0.1, -0.05) is 42.2 Å². The Hall–Kier alpha value is -3.38. The van der Waals surface area contributed by atoms with E-state index < -0.39 is 11.9 Å². The Morgan fingerprint density at radius 2 is 2.03 bits per heavy atom. The lowest BCUT2D eigenvalue weighted by Gasteiger charge is -2.14. The van der Waals surface area contributed by atoms with Crippen LogP contribution in [0.5, 0.6) is 0 Å². The summed E-state index contributed by atoms with van der Waals surface area (Å²) >= 11 is 1.44. The molecule has 6 nitrogen and oxygen atoms in total. The van der Waals surface area contributed by atoms with Gasteiger partial charge < -0.3 is 16.2 Å². The number of nitrogens with two attached hydrogens (primary N) is 1. The highest BCUT2D eigenvalue weighted by molar-refractivity contribution is 7.18. The highest BCUT2D eigenvalue weighted by atomic mass is 32.1. The zero-order valence-electron chi connectivity index (χ0n) is 17.4. The van der Waals surface area contributed by atoms with Crippen LogP contribution in [0.2, 0.25) is 0 Å². The molecular weight excluding hydrogens is 425 g/mol. The van der Waals surface area contributed by atoms with Crippen LogP contribution in [0.1, 0.15) is 18.1 Å². The van der Waals surface area contributed by atoms with Crippen molar-refractivity contribution in [2.24, 2.45) is 5.73 Å². The maximum atomic E-state index is 14.4. The number of aliphatic hydroxyl groups excluding tert-OH is 1. The Balaban J connectivity index is 1.69. The molecule has 0 spiro atoms. The van der Waals surface area contributed by atoms with Crippen molar-refractivity contribution < 1.29 is 9.50 Å². The summed E-state index contributed by atoms with van der Waals surface area (Å²) in [5.74, 6) is 5.97. The zero-order valence-corrected chi connectivity index (χ0v) is 18.2. The largest absolute Gasteiger partial charge is 0.381 e. The molecule has 0 fully saturated rings. The van der Waals surface area contributed by atoms with Gasteiger partial charge >= 0.3 is 0 Å². The lowest BCUT2D eigenvalue weighted by Crippen LogP contribution is -2.31. The Labute approximate surface area is 189 Å². The van der Waals surface area contributed by atoms with Crippen molar-refractivity contribution in [1.29, 1.82) is 0 Å². The van der Waals surface area contributed by atoms with Crippen LogP contribution < -0.4 is 11.1 Å². The summed E-state index contributed by atoms with van der Waals surface area (Å²) in [5, 5.41) is 14.7. The Kier molecular flexibility index (Phi) is 6.71. The van der Waals surface area contributed by atoms with Gasteiger partial charge in [-0.25, -0.2) is 14.4 Å². The first-order chi connectivity index (χ1) is 15.5. The molecule has 8 heteroatoms. The minimum Gasteiger partial charge on any atom is -0.381 e. The molecule has 0 aliphatic rings. The summed E-state index contributed by atoms with van der Waals surface area (Å²) in [7, 11) is 0. The van der Waals surface area contributed by atoms with E-state index in [0.717, 1.165) is 16.5 Å². The molecule has 2 atom stereocenters. The van der Waals surface area contributed by atoms with E-state index in [0.29, 0.717) is 29.9 Å². The molecule has 32 heavy (non-hydrogen) atoms. The second-order valence-corrected chi connectivity index (χ2v) is 8.23. The molecule has 0 unspecified atom stereocenters. The second-order valence-electron chi connectivity index (χ2n) is 7.35. The van der Waals surface area contributed by atoms with Gasteiger partial charge in [0.1, 0.15) is 17.4 Å². The molecule has 0 aliphatic carbocycles. The van der Waals surface area contributed by atoms with Gasteiger partial charge in [-0.15, -0.1) is 11.3 Å². The molecule has 1 aromatic carbocycles. The minimum absolute atomic E-state index is 0.141. The van der Waals surface area contributed by atoms with Crippen LogP contribution in [-0.4, -0.2) is 38.7 Å². The quantitative estimate of drug-likeness (QED) is 0.391. The molecule has 4 aromatic rings. The van der Waals surface area contributed by atoms with Crippen LogP contribution in [0.15, 0.2) is 54.2 Å². The smallest absolute Gasteiger partial charge is 0.165 e. The van der Waals surface area contributed by atoms with Crippen LogP contribution in [0, 0.1) is 17.7 Å². The van der Waals surface area contributed by atoms with Crippen molar-refractivity contribution in [2.45, 2.75) is 25.5 Å². The van der Waals surface area contributed by atoms with Crippen molar-refractivity contribution in [3.63, 3.8) is 0 Å². The molecule has 3 heterocycles. The van der Waals surface area contributed by atoms with Crippen LogP contribution >= 0.6 is 11.3 Å². The van der Waals surface area contributed by atoms with Crippen LogP contribution in [0.4, 0.5) is 10.2 Å². The van der Waals surface area contributed by atoms with Gasteiger partial charge in [-0.05, 0) is 25.0 Å². The number of benzene rings is 1. The molecule has 0 bridgehead atoms. The first-order valence-corrected chi connectivity index (χ1v) is 11.0. The van der Waals surface area contributed by atoms with Crippen molar-refractivity contribution >= 4 is 27.4 Å². The van der Waals surface area contributed by atoms with Crippen molar-refractivity contribution in [1.82, 2.24) is 15.0 Å². The Bertz CT molecular complexity index is 1280. The van der Waals surface area contributed by atoms with E-state index in [1.165, 1.54) is 23.6 Å². The van der Waals surface area contributed by atoms with Crippen LogP contribution in [0.3, 0.4) is 0 Å². The van der Waals surface area contributed by atoms with Gasteiger partial charge in [-0.3, -0.25) is 4.98 Å². The van der Waals surface area contributed by atoms with Gasteiger partial charge in [0.15, 0.2) is 11.6 Å². The Morgan fingerprint density at radius 3 is 2.78 bits per heavy atom. The first kappa shape index (κ1) is 21.8. The summed E-state index contributed by atoms with van der Waals surface area (Å²) in [6, 6.07) is 11.4. The Morgan fingerprint density at radius 1 is 1.22 bits per heavy atom. The highest BCUT2D eigenvalue weighted by Gasteiger charge is 2.17. The maximum Gasteiger partial charge on any atom is 0.165 e. The number of pyridine rings is 1. The number of aliphatic hydroxyl groups is 1. The van der Waals surface area contributed by atoms with E-state index in [9.17, 15) is 9.50 Å². The third-order valence-electron chi connectivity index (χ3n) is 4.72. The first-order valence-electron chi connectivity index (χ1n) is 10.1. The van der Waals surface area contributed by atoms with Crippen molar-refractivity contribution in [3.8, 4) is 23.2 Å². The number of anilines is 1. The number of rotatable bonds is 6. The summed E-state index contributed by atoms with van der Waals surface area (Å²) in [6.45, 7) is 2.07.